The summed E-state index contributed by atoms with van der Waals surface area (Å²) in [5.41, 5.74) is 5.21. The number of fused-ring (bicyclic) bond motifs is 1. The third kappa shape index (κ3) is 3.01. The van der Waals surface area contributed by atoms with Gasteiger partial charge in [-0.15, -0.1) is 0 Å². The number of benzene rings is 2. The van der Waals surface area contributed by atoms with Gasteiger partial charge in [0.25, 0.3) is 0 Å². The van der Waals surface area contributed by atoms with E-state index in [4.69, 9.17) is 0 Å². The van der Waals surface area contributed by atoms with Gasteiger partial charge in [0.05, 0.1) is 0 Å². The minimum absolute atomic E-state index is 0. The molecule has 2 nitrogen and oxygen atoms in total. The molecule has 0 saturated heterocycles. The highest BCUT2D eigenvalue weighted by Gasteiger charge is 2.14. The number of aromatic nitrogens is 2. The molecule has 21 heavy (non-hydrogen) atoms. The molecule has 0 aliphatic heterocycles. The maximum Gasteiger partial charge on any atom is 0.245 e. The first-order valence-electron chi connectivity index (χ1n) is 6.92. The molecule has 0 N–H and O–H groups in total. The van der Waals surface area contributed by atoms with Crippen molar-refractivity contribution in [2.45, 2.75) is 20.0 Å². The fourth-order valence-corrected chi connectivity index (χ4v) is 2.62. The van der Waals surface area contributed by atoms with Crippen LogP contribution in [0.5, 0.6) is 0 Å². The number of hydrogen-bond acceptors (Lipinski definition) is 0. The number of imidazole rings is 1. The van der Waals surface area contributed by atoms with Crippen molar-refractivity contribution in [3.63, 3.8) is 0 Å². The molecule has 0 fully saturated rings. The number of allylic oxidation sites excluding steroid dienone is 1. The summed E-state index contributed by atoms with van der Waals surface area (Å²) in [5.74, 6) is 0. The van der Waals surface area contributed by atoms with Gasteiger partial charge in [-0.25, -0.2) is 9.13 Å². The molecule has 3 heteroatoms. The largest absolute Gasteiger partial charge is 1.00 e. The van der Waals surface area contributed by atoms with Crippen molar-refractivity contribution < 1.29 is 17.0 Å². The van der Waals surface area contributed by atoms with Crippen molar-refractivity contribution in [3.05, 3.63) is 78.6 Å². The fourth-order valence-electron chi connectivity index (χ4n) is 2.62. The molecular weight excluding hydrogens is 280 g/mol. The minimum atomic E-state index is 0. The van der Waals surface area contributed by atoms with Crippen LogP contribution in [0.3, 0.4) is 0 Å². The Bertz CT molecular complexity index is 759. The van der Waals surface area contributed by atoms with Crippen molar-refractivity contribution in [2.24, 2.45) is 0 Å². The highest BCUT2D eigenvalue weighted by atomic mass is 35.5. The highest BCUT2D eigenvalue weighted by molar-refractivity contribution is 5.71. The van der Waals surface area contributed by atoms with E-state index in [0.717, 1.165) is 13.1 Å². The van der Waals surface area contributed by atoms with Crippen LogP contribution < -0.4 is 17.0 Å². The summed E-state index contributed by atoms with van der Waals surface area (Å²) in [6.45, 7) is 7.74. The first kappa shape index (κ1) is 15.3. The molecule has 0 amide bonds. The number of nitrogens with zero attached hydrogens (tertiary/aromatic N) is 2. The van der Waals surface area contributed by atoms with Crippen LogP contribution in [0.4, 0.5) is 0 Å². The molecule has 0 atom stereocenters. The molecule has 0 aliphatic carbocycles. The normalized spacial score (nSPS) is 10.3. The van der Waals surface area contributed by atoms with Crippen LogP contribution >= 0.6 is 0 Å². The smallest absolute Gasteiger partial charge is 0.245 e. The van der Waals surface area contributed by atoms with Crippen LogP contribution in [0.25, 0.3) is 11.0 Å². The molecule has 0 bridgehead atoms. The number of rotatable bonds is 4. The number of para-hydroxylation sites is 2. The van der Waals surface area contributed by atoms with Gasteiger partial charge >= 0.3 is 0 Å². The summed E-state index contributed by atoms with van der Waals surface area (Å²) in [6, 6.07) is 17.1. The molecule has 1 heterocycles. The Morgan fingerprint density at radius 2 is 1.81 bits per heavy atom. The molecule has 0 spiro atoms. The van der Waals surface area contributed by atoms with Crippen LogP contribution in [0.15, 0.2) is 67.5 Å². The summed E-state index contributed by atoms with van der Waals surface area (Å²) in [4.78, 5) is 0. The van der Waals surface area contributed by atoms with Gasteiger partial charge in [0, 0.05) is 0 Å². The molecular formula is C18H19ClN2. The van der Waals surface area contributed by atoms with E-state index in [1.807, 2.05) is 6.08 Å². The summed E-state index contributed by atoms with van der Waals surface area (Å²) in [7, 11) is 0. The van der Waals surface area contributed by atoms with Gasteiger partial charge in [0.15, 0.2) is 11.0 Å². The van der Waals surface area contributed by atoms with E-state index in [-0.39, 0.29) is 12.4 Å². The van der Waals surface area contributed by atoms with Crippen LogP contribution in [-0.2, 0) is 13.1 Å². The third-order valence-electron chi connectivity index (χ3n) is 3.71. The van der Waals surface area contributed by atoms with Crippen LogP contribution in [0.1, 0.15) is 11.1 Å². The SMILES string of the molecule is C=CCn1c[n+](Cc2ccccc2C)c2ccccc21.[Cl-]. The molecule has 3 rings (SSSR count). The van der Waals surface area contributed by atoms with E-state index >= 15 is 0 Å². The number of hydrogen-bond donors (Lipinski definition) is 0. The zero-order chi connectivity index (χ0) is 13.9. The lowest BCUT2D eigenvalue weighted by Crippen LogP contribution is -3.00. The van der Waals surface area contributed by atoms with Crippen molar-refractivity contribution in [1.82, 2.24) is 4.57 Å². The molecule has 1 aromatic heterocycles. The predicted octanol–water partition coefficient (Wildman–Crippen LogP) is 0.476. The van der Waals surface area contributed by atoms with Gasteiger partial charge in [0.1, 0.15) is 13.1 Å². The standard InChI is InChI=1S/C18H19N2.ClH/c1-3-12-19-14-20(18-11-7-6-10-17(18)19)13-16-9-5-4-8-15(16)2;/h3-11,14H,1,12-13H2,2H3;1H/q+1;/p-1. The van der Waals surface area contributed by atoms with Crippen LogP contribution in [0.2, 0.25) is 0 Å². The average molecular weight is 299 g/mol. The lowest BCUT2D eigenvalue weighted by Gasteiger charge is -2.02. The second-order valence-electron chi connectivity index (χ2n) is 5.10. The lowest BCUT2D eigenvalue weighted by molar-refractivity contribution is -0.663. The zero-order valence-electron chi connectivity index (χ0n) is 12.2. The molecule has 0 saturated carbocycles. The number of aryl methyl sites for hydroxylation is 1. The first-order chi connectivity index (χ1) is 9.79. The minimum Gasteiger partial charge on any atom is -1.00 e. The van der Waals surface area contributed by atoms with E-state index < -0.39 is 0 Å². The quantitative estimate of drug-likeness (QED) is 0.489. The fraction of sp³-hybridized carbons (Fsp3) is 0.167. The van der Waals surface area contributed by atoms with E-state index in [0.29, 0.717) is 0 Å². The maximum atomic E-state index is 3.84. The lowest BCUT2D eigenvalue weighted by atomic mass is 10.1. The monoisotopic (exact) mass is 298 g/mol. The van der Waals surface area contributed by atoms with Crippen molar-refractivity contribution >= 4 is 11.0 Å². The maximum absolute atomic E-state index is 3.84. The van der Waals surface area contributed by atoms with Gasteiger partial charge in [-0.1, -0.05) is 49.1 Å². The second-order valence-corrected chi connectivity index (χ2v) is 5.10. The van der Waals surface area contributed by atoms with Gasteiger partial charge in [-0.3, -0.25) is 0 Å². The van der Waals surface area contributed by atoms with Gasteiger partial charge < -0.3 is 12.4 Å². The van der Waals surface area contributed by atoms with E-state index in [2.05, 4.69) is 77.5 Å². The Balaban J connectivity index is 0.00000161. The second kappa shape index (κ2) is 6.59. The predicted molar refractivity (Wildman–Crippen MR) is 82.6 cm³/mol. The van der Waals surface area contributed by atoms with Crippen molar-refractivity contribution in [3.8, 4) is 0 Å². The Morgan fingerprint density at radius 1 is 1.10 bits per heavy atom. The summed E-state index contributed by atoms with van der Waals surface area (Å²) in [6.07, 6.45) is 4.11. The molecule has 0 unspecified atom stereocenters. The molecule has 0 aliphatic rings. The molecule has 2 aromatic carbocycles. The van der Waals surface area contributed by atoms with Crippen molar-refractivity contribution in [1.29, 1.82) is 0 Å². The molecule has 0 radical (unpaired) electrons. The Labute approximate surface area is 131 Å². The number of halogens is 1. The summed E-state index contributed by atoms with van der Waals surface area (Å²) < 4.78 is 4.54. The van der Waals surface area contributed by atoms with Crippen molar-refractivity contribution in [2.75, 3.05) is 0 Å². The molecule has 108 valence electrons. The van der Waals surface area contributed by atoms with Crippen LogP contribution in [-0.4, -0.2) is 4.57 Å². The topological polar surface area (TPSA) is 8.81 Å². The first-order valence-corrected chi connectivity index (χ1v) is 6.92. The zero-order valence-corrected chi connectivity index (χ0v) is 12.9. The molecule has 3 aromatic rings. The Morgan fingerprint density at radius 3 is 2.57 bits per heavy atom. The third-order valence-corrected chi connectivity index (χ3v) is 3.71. The average Bonchev–Trinajstić information content (AvgIpc) is 2.81. The highest BCUT2D eigenvalue weighted by Crippen LogP contribution is 2.13. The Kier molecular flexibility index (Phi) is 4.81. The van der Waals surface area contributed by atoms with E-state index in [1.54, 1.807) is 0 Å². The van der Waals surface area contributed by atoms with E-state index in [1.165, 1.54) is 22.2 Å². The van der Waals surface area contributed by atoms with E-state index in [9.17, 15) is 0 Å². The van der Waals surface area contributed by atoms with Crippen LogP contribution in [0, 0.1) is 6.92 Å². The summed E-state index contributed by atoms with van der Waals surface area (Å²) >= 11 is 0. The summed E-state index contributed by atoms with van der Waals surface area (Å²) in [5, 5.41) is 0. The Hall–Kier alpha value is -2.06. The van der Waals surface area contributed by atoms with Gasteiger partial charge in [-0.2, -0.15) is 0 Å². The van der Waals surface area contributed by atoms with Gasteiger partial charge in [-0.05, 0) is 30.2 Å². The van der Waals surface area contributed by atoms with Gasteiger partial charge in [0.2, 0.25) is 6.33 Å².